The maximum atomic E-state index is 12.3. The number of nitrogens with two attached hydrogens (primary N) is 1. The van der Waals surface area contributed by atoms with Crippen molar-refractivity contribution in [1.29, 1.82) is 0 Å². The lowest BCUT2D eigenvalue weighted by molar-refractivity contribution is -0.120. The zero-order valence-electron chi connectivity index (χ0n) is 15.5. The van der Waals surface area contributed by atoms with Gasteiger partial charge in [-0.2, -0.15) is 0 Å². The summed E-state index contributed by atoms with van der Waals surface area (Å²) in [7, 11) is -4.05. The van der Waals surface area contributed by atoms with Gasteiger partial charge in [-0.3, -0.25) is 9.59 Å². The van der Waals surface area contributed by atoms with E-state index in [-0.39, 0.29) is 16.7 Å². The maximum absolute atomic E-state index is 12.3. The van der Waals surface area contributed by atoms with Gasteiger partial charge in [-0.1, -0.05) is 31.5 Å². The second-order valence-electron chi connectivity index (χ2n) is 6.69. The molecule has 2 rings (SSSR count). The molecule has 0 saturated carbocycles. The van der Waals surface area contributed by atoms with E-state index >= 15 is 0 Å². The summed E-state index contributed by atoms with van der Waals surface area (Å²) < 4.78 is 26.6. The van der Waals surface area contributed by atoms with E-state index in [1.54, 1.807) is 18.2 Å². The average molecular weight is 424 g/mol. The molecule has 2 aromatic rings. The van der Waals surface area contributed by atoms with Gasteiger partial charge in [-0.05, 0) is 54.8 Å². The van der Waals surface area contributed by atoms with Crippen LogP contribution in [0, 0.1) is 5.92 Å². The Labute approximate surface area is 169 Å². The molecular formula is C19H22ClN3O4S. The first-order valence-electron chi connectivity index (χ1n) is 8.57. The molecule has 1 atom stereocenters. The summed E-state index contributed by atoms with van der Waals surface area (Å²) in [5.74, 6) is -0.982. The first-order chi connectivity index (χ1) is 13.1. The lowest BCUT2D eigenvalue weighted by Crippen LogP contribution is -2.43. The van der Waals surface area contributed by atoms with Crippen LogP contribution in [-0.2, 0) is 14.8 Å². The van der Waals surface area contributed by atoms with E-state index in [0.717, 1.165) is 0 Å². The lowest BCUT2D eigenvalue weighted by atomic mass is 10.0. The highest BCUT2D eigenvalue weighted by Crippen LogP contribution is 2.17. The van der Waals surface area contributed by atoms with Gasteiger partial charge in [-0.15, -0.1) is 0 Å². The molecule has 4 N–H and O–H groups in total. The predicted molar refractivity (Wildman–Crippen MR) is 109 cm³/mol. The number of sulfonamides is 1. The molecule has 2 amide bonds. The largest absolute Gasteiger partial charge is 0.322 e. The third-order valence-electron chi connectivity index (χ3n) is 3.81. The van der Waals surface area contributed by atoms with Crippen molar-refractivity contribution in [3.8, 4) is 0 Å². The number of rotatable bonds is 7. The fraction of sp³-hybridized carbons (Fsp3) is 0.263. The van der Waals surface area contributed by atoms with Crippen LogP contribution >= 0.6 is 11.6 Å². The number of hydrogen-bond acceptors (Lipinski definition) is 5. The maximum Gasteiger partial charge on any atom is 0.264 e. The van der Waals surface area contributed by atoms with Gasteiger partial charge in [0.15, 0.2) is 0 Å². The molecule has 0 bridgehead atoms. The second-order valence-corrected chi connectivity index (χ2v) is 8.81. The van der Waals surface area contributed by atoms with Crippen LogP contribution in [0.2, 0.25) is 5.02 Å². The predicted octanol–water partition coefficient (Wildman–Crippen LogP) is 2.77. The zero-order chi connectivity index (χ0) is 20.9. The minimum absolute atomic E-state index is 0.113. The molecule has 28 heavy (non-hydrogen) atoms. The van der Waals surface area contributed by atoms with Gasteiger partial charge in [0, 0.05) is 16.3 Å². The van der Waals surface area contributed by atoms with Crippen LogP contribution in [0.4, 0.5) is 5.69 Å². The Morgan fingerprint density at radius 1 is 1.11 bits per heavy atom. The zero-order valence-corrected chi connectivity index (χ0v) is 17.0. The van der Waals surface area contributed by atoms with Crippen LogP contribution in [-0.4, -0.2) is 26.3 Å². The second kappa shape index (κ2) is 9.18. The molecule has 0 aliphatic carbocycles. The Morgan fingerprint density at radius 2 is 1.75 bits per heavy atom. The fourth-order valence-electron chi connectivity index (χ4n) is 2.43. The molecule has 7 nitrogen and oxygen atoms in total. The molecule has 0 aromatic heterocycles. The topological polar surface area (TPSA) is 118 Å². The van der Waals surface area contributed by atoms with E-state index in [9.17, 15) is 18.0 Å². The number of carbonyl (C=O) groups is 2. The van der Waals surface area contributed by atoms with E-state index in [0.29, 0.717) is 22.7 Å². The standard InChI is InChI=1S/C19H22ClN3O4S/c1-12(2)10-17(21)19(25)23-28(26,27)16-8-6-15(7-9-16)22-18(24)13-4-3-5-14(20)11-13/h3-9,11-12,17H,10,21H2,1-2H3,(H,22,24)(H,23,25)/t17-/m0/s1. The van der Waals surface area contributed by atoms with Gasteiger partial charge >= 0.3 is 0 Å². The molecule has 0 heterocycles. The summed E-state index contributed by atoms with van der Waals surface area (Å²) in [6.07, 6.45) is 0.371. The van der Waals surface area contributed by atoms with Crippen molar-refractivity contribution in [1.82, 2.24) is 4.72 Å². The Bertz CT molecular complexity index is 959. The van der Waals surface area contributed by atoms with Crippen molar-refractivity contribution in [3.63, 3.8) is 0 Å². The summed E-state index contributed by atoms with van der Waals surface area (Å²) in [5.41, 5.74) is 6.48. The van der Waals surface area contributed by atoms with E-state index in [1.165, 1.54) is 30.3 Å². The molecule has 0 aliphatic heterocycles. The van der Waals surface area contributed by atoms with Crippen LogP contribution in [0.3, 0.4) is 0 Å². The van der Waals surface area contributed by atoms with Crippen molar-refractivity contribution < 1.29 is 18.0 Å². The van der Waals surface area contributed by atoms with Gasteiger partial charge in [0.05, 0.1) is 10.9 Å². The Morgan fingerprint density at radius 3 is 2.32 bits per heavy atom. The molecule has 0 fully saturated rings. The first-order valence-corrected chi connectivity index (χ1v) is 10.4. The van der Waals surface area contributed by atoms with Crippen molar-refractivity contribution in [2.24, 2.45) is 11.7 Å². The van der Waals surface area contributed by atoms with Gasteiger partial charge in [0.2, 0.25) is 0 Å². The number of anilines is 1. The number of nitrogens with one attached hydrogen (secondary N) is 2. The number of halogens is 1. The summed E-state index contributed by atoms with van der Waals surface area (Å²) in [5, 5.41) is 3.08. The number of carbonyl (C=O) groups excluding carboxylic acids is 2. The van der Waals surface area contributed by atoms with E-state index < -0.39 is 22.0 Å². The number of hydrogen-bond donors (Lipinski definition) is 3. The van der Waals surface area contributed by atoms with Crippen molar-refractivity contribution >= 4 is 39.1 Å². The summed E-state index contributed by atoms with van der Waals surface area (Å²) in [4.78, 5) is 24.1. The van der Waals surface area contributed by atoms with Gasteiger partial charge < -0.3 is 11.1 Å². The van der Waals surface area contributed by atoms with E-state index in [1.807, 2.05) is 18.6 Å². The first kappa shape index (κ1) is 21.9. The lowest BCUT2D eigenvalue weighted by Gasteiger charge is -2.14. The number of amides is 2. The van der Waals surface area contributed by atoms with Crippen molar-refractivity contribution in [2.45, 2.75) is 31.2 Å². The SMILES string of the molecule is CC(C)C[C@H](N)C(=O)NS(=O)(=O)c1ccc(NC(=O)c2cccc(Cl)c2)cc1. The molecule has 0 spiro atoms. The van der Waals surface area contributed by atoms with Gasteiger partial charge in [0.1, 0.15) is 0 Å². The highest BCUT2D eigenvalue weighted by molar-refractivity contribution is 7.90. The fourth-order valence-corrected chi connectivity index (χ4v) is 3.65. The molecule has 0 saturated heterocycles. The molecule has 9 heteroatoms. The number of benzene rings is 2. The molecule has 0 radical (unpaired) electrons. The quantitative estimate of drug-likeness (QED) is 0.632. The molecule has 2 aromatic carbocycles. The molecular weight excluding hydrogens is 402 g/mol. The molecule has 150 valence electrons. The van der Waals surface area contributed by atoms with Crippen LogP contribution in [0.5, 0.6) is 0 Å². The van der Waals surface area contributed by atoms with Crippen molar-refractivity contribution in [2.75, 3.05) is 5.32 Å². The smallest absolute Gasteiger partial charge is 0.264 e. The summed E-state index contributed by atoms with van der Waals surface area (Å²) in [6, 6.07) is 10.9. The van der Waals surface area contributed by atoms with Crippen LogP contribution in [0.1, 0.15) is 30.6 Å². The third kappa shape index (κ3) is 6.05. The van der Waals surface area contributed by atoms with Gasteiger partial charge in [0.25, 0.3) is 21.8 Å². The van der Waals surface area contributed by atoms with E-state index in [2.05, 4.69) is 5.32 Å². The van der Waals surface area contributed by atoms with Crippen molar-refractivity contribution in [3.05, 3.63) is 59.1 Å². The Hall–Kier alpha value is -2.42. The summed E-state index contributed by atoms with van der Waals surface area (Å²) in [6.45, 7) is 3.77. The van der Waals surface area contributed by atoms with E-state index in [4.69, 9.17) is 17.3 Å². The average Bonchev–Trinajstić information content (AvgIpc) is 2.61. The Kier molecular flexibility index (Phi) is 7.17. The van der Waals surface area contributed by atoms with Crippen LogP contribution < -0.4 is 15.8 Å². The Balaban J connectivity index is 2.06. The highest BCUT2D eigenvalue weighted by atomic mass is 35.5. The summed E-state index contributed by atoms with van der Waals surface area (Å²) >= 11 is 5.86. The normalized spacial score (nSPS) is 12.5. The molecule has 0 unspecified atom stereocenters. The third-order valence-corrected chi connectivity index (χ3v) is 5.40. The molecule has 0 aliphatic rings. The minimum atomic E-state index is -4.05. The minimum Gasteiger partial charge on any atom is -0.322 e. The van der Waals surface area contributed by atoms with Gasteiger partial charge in [-0.25, -0.2) is 13.1 Å². The monoisotopic (exact) mass is 423 g/mol. The van der Waals surface area contributed by atoms with Crippen LogP contribution in [0.15, 0.2) is 53.4 Å². The highest BCUT2D eigenvalue weighted by Gasteiger charge is 2.22. The van der Waals surface area contributed by atoms with Crippen LogP contribution in [0.25, 0.3) is 0 Å².